The average Bonchev–Trinajstić information content (AvgIpc) is 2.97. The van der Waals surface area contributed by atoms with Crippen molar-refractivity contribution < 1.29 is 18.7 Å². The van der Waals surface area contributed by atoms with Gasteiger partial charge in [0.05, 0.1) is 0 Å². The monoisotopic (exact) mass is 340 g/mol. The zero-order valence-corrected chi connectivity index (χ0v) is 14.2. The first-order valence-corrected chi connectivity index (χ1v) is 8.21. The number of hydrogen-bond donors (Lipinski definition) is 2. The molecule has 0 fully saturated rings. The van der Waals surface area contributed by atoms with E-state index in [1.54, 1.807) is 12.1 Å². The summed E-state index contributed by atoms with van der Waals surface area (Å²) in [6, 6.07) is 12.6. The Morgan fingerprint density at radius 3 is 2.68 bits per heavy atom. The summed E-state index contributed by atoms with van der Waals surface area (Å²) in [6.45, 7) is 3.58. The van der Waals surface area contributed by atoms with Gasteiger partial charge in [-0.05, 0) is 37.6 Å². The standard InChI is InChI=1S/C19H20N2O4/c1-3-12(2)20-19(23)21-18(22)11-24-13-8-9-17-15(10-13)14-6-4-5-7-16(14)25-17/h4-10,12H,3,11H2,1-2H3,(H2,20,21,22,23)/t12-/m0/s1. The number of benzene rings is 2. The lowest BCUT2D eigenvalue weighted by Crippen LogP contribution is -2.44. The fourth-order valence-corrected chi connectivity index (χ4v) is 2.47. The van der Waals surface area contributed by atoms with Gasteiger partial charge in [0.2, 0.25) is 0 Å². The Balaban J connectivity index is 1.64. The molecule has 2 N–H and O–H groups in total. The van der Waals surface area contributed by atoms with Crippen molar-refractivity contribution in [2.45, 2.75) is 26.3 Å². The molecule has 1 aromatic heterocycles. The maximum atomic E-state index is 11.8. The van der Waals surface area contributed by atoms with Crippen LogP contribution in [-0.2, 0) is 4.79 Å². The molecule has 0 aliphatic carbocycles. The quantitative estimate of drug-likeness (QED) is 0.744. The van der Waals surface area contributed by atoms with Crippen molar-refractivity contribution in [1.29, 1.82) is 0 Å². The Bertz CT molecular complexity index is 916. The van der Waals surface area contributed by atoms with Crippen LogP contribution < -0.4 is 15.4 Å². The van der Waals surface area contributed by atoms with Crippen molar-refractivity contribution in [2.24, 2.45) is 0 Å². The van der Waals surface area contributed by atoms with Crippen LogP contribution in [0, 0.1) is 0 Å². The van der Waals surface area contributed by atoms with Crippen molar-refractivity contribution in [3.63, 3.8) is 0 Å². The number of fused-ring (bicyclic) bond motifs is 3. The molecule has 2 aromatic carbocycles. The molecule has 0 spiro atoms. The summed E-state index contributed by atoms with van der Waals surface area (Å²) < 4.78 is 11.2. The van der Waals surface area contributed by atoms with Gasteiger partial charge in [0.15, 0.2) is 6.61 Å². The third kappa shape index (κ3) is 3.91. The van der Waals surface area contributed by atoms with E-state index in [2.05, 4.69) is 10.6 Å². The number of ether oxygens (including phenoxy) is 1. The first kappa shape index (κ1) is 16.8. The highest BCUT2D eigenvalue weighted by atomic mass is 16.5. The summed E-state index contributed by atoms with van der Waals surface area (Å²) in [7, 11) is 0. The number of para-hydroxylation sites is 1. The highest BCUT2D eigenvalue weighted by molar-refractivity contribution is 6.05. The predicted octanol–water partition coefficient (Wildman–Crippen LogP) is 3.59. The molecule has 0 saturated carbocycles. The van der Waals surface area contributed by atoms with E-state index in [0.717, 1.165) is 28.4 Å². The summed E-state index contributed by atoms with van der Waals surface area (Å²) in [4.78, 5) is 23.4. The van der Waals surface area contributed by atoms with Gasteiger partial charge < -0.3 is 14.5 Å². The Hall–Kier alpha value is -3.02. The molecule has 1 heterocycles. The summed E-state index contributed by atoms with van der Waals surface area (Å²) in [5.74, 6) is 0.0366. The predicted molar refractivity (Wildman–Crippen MR) is 95.6 cm³/mol. The number of furan rings is 1. The van der Waals surface area contributed by atoms with E-state index < -0.39 is 11.9 Å². The van der Waals surface area contributed by atoms with Crippen LogP contribution in [0.2, 0.25) is 0 Å². The average molecular weight is 340 g/mol. The SMILES string of the molecule is CC[C@H](C)NC(=O)NC(=O)COc1ccc2oc3ccccc3c2c1. The lowest BCUT2D eigenvalue weighted by atomic mass is 10.1. The minimum atomic E-state index is -0.515. The maximum Gasteiger partial charge on any atom is 0.321 e. The number of carbonyl (C=O) groups excluding carboxylic acids is 2. The number of hydrogen-bond acceptors (Lipinski definition) is 4. The molecule has 0 aliphatic heterocycles. The second-order valence-electron chi connectivity index (χ2n) is 5.88. The molecular weight excluding hydrogens is 320 g/mol. The third-order valence-corrected chi connectivity index (χ3v) is 3.96. The molecular formula is C19H20N2O4. The second kappa shape index (κ2) is 7.25. The van der Waals surface area contributed by atoms with E-state index in [-0.39, 0.29) is 12.6 Å². The summed E-state index contributed by atoms with van der Waals surface area (Å²) in [5.41, 5.74) is 1.56. The fraction of sp³-hybridized carbons (Fsp3) is 0.263. The van der Waals surface area contributed by atoms with Crippen LogP contribution in [0.15, 0.2) is 46.9 Å². The lowest BCUT2D eigenvalue weighted by molar-refractivity contribution is -0.122. The number of nitrogens with one attached hydrogen (secondary N) is 2. The first-order valence-electron chi connectivity index (χ1n) is 8.21. The van der Waals surface area contributed by atoms with E-state index >= 15 is 0 Å². The largest absolute Gasteiger partial charge is 0.484 e. The van der Waals surface area contributed by atoms with Gasteiger partial charge in [0.25, 0.3) is 5.91 Å². The molecule has 3 rings (SSSR count). The lowest BCUT2D eigenvalue weighted by Gasteiger charge is -2.12. The normalized spacial score (nSPS) is 12.1. The summed E-state index contributed by atoms with van der Waals surface area (Å²) >= 11 is 0. The molecule has 0 saturated heterocycles. The van der Waals surface area contributed by atoms with Gasteiger partial charge in [-0.25, -0.2) is 4.79 Å². The molecule has 130 valence electrons. The Morgan fingerprint density at radius 1 is 1.12 bits per heavy atom. The highest BCUT2D eigenvalue weighted by Crippen LogP contribution is 2.31. The molecule has 0 bridgehead atoms. The van der Waals surface area contributed by atoms with Gasteiger partial charge in [0, 0.05) is 16.8 Å². The van der Waals surface area contributed by atoms with Crippen LogP contribution in [0.5, 0.6) is 5.75 Å². The topological polar surface area (TPSA) is 80.6 Å². The maximum absolute atomic E-state index is 11.8. The Labute approximate surface area is 145 Å². The molecule has 6 heteroatoms. The number of amides is 3. The van der Waals surface area contributed by atoms with Gasteiger partial charge in [-0.2, -0.15) is 0 Å². The molecule has 25 heavy (non-hydrogen) atoms. The van der Waals surface area contributed by atoms with Crippen LogP contribution in [-0.4, -0.2) is 24.6 Å². The van der Waals surface area contributed by atoms with Gasteiger partial charge in [-0.1, -0.05) is 25.1 Å². The zero-order valence-electron chi connectivity index (χ0n) is 14.2. The highest BCUT2D eigenvalue weighted by Gasteiger charge is 2.11. The van der Waals surface area contributed by atoms with E-state index in [0.29, 0.717) is 5.75 Å². The summed E-state index contributed by atoms with van der Waals surface area (Å²) in [5, 5.41) is 6.81. The third-order valence-electron chi connectivity index (χ3n) is 3.96. The van der Waals surface area contributed by atoms with E-state index in [1.165, 1.54) is 0 Å². The molecule has 6 nitrogen and oxygen atoms in total. The van der Waals surface area contributed by atoms with Crippen molar-refractivity contribution >= 4 is 33.9 Å². The molecule has 3 amide bonds. The molecule has 3 aromatic rings. The van der Waals surface area contributed by atoms with Crippen molar-refractivity contribution in [2.75, 3.05) is 6.61 Å². The van der Waals surface area contributed by atoms with Crippen molar-refractivity contribution in [3.05, 3.63) is 42.5 Å². The Morgan fingerprint density at radius 2 is 1.88 bits per heavy atom. The van der Waals surface area contributed by atoms with Crippen LogP contribution in [0.3, 0.4) is 0 Å². The zero-order chi connectivity index (χ0) is 17.8. The molecule has 0 unspecified atom stereocenters. The van der Waals surface area contributed by atoms with E-state index in [9.17, 15) is 9.59 Å². The van der Waals surface area contributed by atoms with Crippen LogP contribution in [0.4, 0.5) is 4.79 Å². The van der Waals surface area contributed by atoms with Crippen molar-refractivity contribution in [3.8, 4) is 5.75 Å². The Kier molecular flexibility index (Phi) is 4.88. The van der Waals surface area contributed by atoms with E-state index in [1.807, 2.05) is 44.2 Å². The van der Waals surface area contributed by atoms with Crippen LogP contribution in [0.25, 0.3) is 21.9 Å². The molecule has 0 aliphatic rings. The number of urea groups is 1. The first-order chi connectivity index (χ1) is 12.1. The number of imide groups is 1. The second-order valence-corrected chi connectivity index (χ2v) is 5.88. The molecule has 1 atom stereocenters. The summed E-state index contributed by atoms with van der Waals surface area (Å²) in [6.07, 6.45) is 0.788. The number of carbonyl (C=O) groups is 2. The minimum Gasteiger partial charge on any atom is -0.484 e. The van der Waals surface area contributed by atoms with Gasteiger partial charge in [-0.3, -0.25) is 10.1 Å². The van der Waals surface area contributed by atoms with Gasteiger partial charge >= 0.3 is 6.03 Å². The van der Waals surface area contributed by atoms with Gasteiger partial charge in [-0.15, -0.1) is 0 Å². The molecule has 0 radical (unpaired) electrons. The number of rotatable bonds is 5. The van der Waals surface area contributed by atoms with Crippen LogP contribution >= 0.6 is 0 Å². The van der Waals surface area contributed by atoms with Crippen molar-refractivity contribution in [1.82, 2.24) is 10.6 Å². The van der Waals surface area contributed by atoms with Gasteiger partial charge in [0.1, 0.15) is 16.9 Å². The fourth-order valence-electron chi connectivity index (χ4n) is 2.47. The minimum absolute atomic E-state index is 0.00509. The smallest absolute Gasteiger partial charge is 0.321 e. The van der Waals surface area contributed by atoms with Crippen LogP contribution in [0.1, 0.15) is 20.3 Å². The van der Waals surface area contributed by atoms with E-state index in [4.69, 9.17) is 9.15 Å².